The molecule has 1 aliphatic carbocycles. The van der Waals surface area contributed by atoms with Crippen LogP contribution < -0.4 is 10.1 Å². The van der Waals surface area contributed by atoms with E-state index in [4.69, 9.17) is 9.26 Å². The molecule has 5 nitrogen and oxygen atoms in total. The molecule has 0 unspecified atom stereocenters. The van der Waals surface area contributed by atoms with Gasteiger partial charge in [-0.25, -0.2) is 0 Å². The standard InChI is InChI=1S/C16H18N2O3/c1-11-10-14(18-21-11)17-15(19)16(8-5-9-16)12-6-3-4-7-13(12)20-2/h3-4,6-7,10H,5,8-9H2,1-2H3,(H,17,18,19). The summed E-state index contributed by atoms with van der Waals surface area (Å²) in [5.74, 6) is 1.83. The smallest absolute Gasteiger partial charge is 0.236 e. The summed E-state index contributed by atoms with van der Waals surface area (Å²) in [6, 6.07) is 9.42. The number of ether oxygens (including phenoxy) is 1. The summed E-state index contributed by atoms with van der Waals surface area (Å²) in [5, 5.41) is 6.68. The highest BCUT2D eigenvalue weighted by molar-refractivity contribution is 5.99. The van der Waals surface area contributed by atoms with Crippen LogP contribution in [0.2, 0.25) is 0 Å². The summed E-state index contributed by atoms with van der Waals surface area (Å²) in [6.07, 6.45) is 2.66. The highest BCUT2D eigenvalue weighted by Crippen LogP contribution is 2.47. The molecule has 1 heterocycles. The van der Waals surface area contributed by atoms with Crippen LogP contribution in [-0.2, 0) is 10.2 Å². The maximum absolute atomic E-state index is 12.7. The highest BCUT2D eigenvalue weighted by Gasteiger charge is 2.47. The van der Waals surface area contributed by atoms with Crippen molar-refractivity contribution in [3.8, 4) is 5.75 Å². The maximum atomic E-state index is 12.7. The largest absolute Gasteiger partial charge is 0.496 e. The topological polar surface area (TPSA) is 64.4 Å². The Kier molecular flexibility index (Phi) is 3.41. The fraction of sp³-hybridized carbons (Fsp3) is 0.375. The molecule has 5 heteroatoms. The third kappa shape index (κ3) is 2.28. The molecule has 1 aliphatic rings. The van der Waals surface area contributed by atoms with Crippen LogP contribution in [0.3, 0.4) is 0 Å². The third-order valence-electron chi connectivity index (χ3n) is 4.13. The molecule has 0 radical (unpaired) electrons. The second-order valence-electron chi connectivity index (χ2n) is 5.41. The first kappa shape index (κ1) is 13.7. The first-order chi connectivity index (χ1) is 10.2. The van der Waals surface area contributed by atoms with E-state index < -0.39 is 5.41 Å². The van der Waals surface area contributed by atoms with Gasteiger partial charge in [-0.15, -0.1) is 0 Å². The molecule has 1 aromatic carbocycles. The summed E-state index contributed by atoms with van der Waals surface area (Å²) >= 11 is 0. The lowest BCUT2D eigenvalue weighted by Crippen LogP contribution is -2.46. The van der Waals surface area contributed by atoms with Gasteiger partial charge in [0.15, 0.2) is 5.82 Å². The molecule has 0 saturated heterocycles. The lowest BCUT2D eigenvalue weighted by molar-refractivity contribution is -0.124. The second-order valence-corrected chi connectivity index (χ2v) is 5.41. The third-order valence-corrected chi connectivity index (χ3v) is 4.13. The number of nitrogens with one attached hydrogen (secondary N) is 1. The van der Waals surface area contributed by atoms with Crippen molar-refractivity contribution in [2.24, 2.45) is 0 Å². The van der Waals surface area contributed by atoms with Gasteiger partial charge in [-0.3, -0.25) is 4.79 Å². The predicted octanol–water partition coefficient (Wildman–Crippen LogP) is 3.05. The van der Waals surface area contributed by atoms with Gasteiger partial charge in [0, 0.05) is 11.6 Å². The maximum Gasteiger partial charge on any atom is 0.236 e. The Morgan fingerprint density at radius 3 is 2.71 bits per heavy atom. The Labute approximate surface area is 123 Å². The molecule has 2 aromatic rings. The van der Waals surface area contributed by atoms with E-state index >= 15 is 0 Å². The summed E-state index contributed by atoms with van der Waals surface area (Å²) in [4.78, 5) is 12.7. The lowest BCUT2D eigenvalue weighted by Gasteiger charge is -2.41. The van der Waals surface area contributed by atoms with Crippen LogP contribution in [0.5, 0.6) is 5.75 Å². The van der Waals surface area contributed by atoms with Crippen LogP contribution in [0, 0.1) is 6.92 Å². The number of aryl methyl sites for hydroxylation is 1. The minimum Gasteiger partial charge on any atom is -0.496 e. The van der Waals surface area contributed by atoms with Crippen molar-refractivity contribution in [2.45, 2.75) is 31.6 Å². The van der Waals surface area contributed by atoms with E-state index in [0.29, 0.717) is 11.6 Å². The van der Waals surface area contributed by atoms with E-state index in [9.17, 15) is 4.79 Å². The van der Waals surface area contributed by atoms with Crippen LogP contribution in [0.1, 0.15) is 30.6 Å². The van der Waals surface area contributed by atoms with Gasteiger partial charge in [-0.1, -0.05) is 29.8 Å². The number of para-hydroxylation sites is 1. The molecule has 1 aromatic heterocycles. The number of aromatic nitrogens is 1. The predicted molar refractivity (Wildman–Crippen MR) is 78.4 cm³/mol. The van der Waals surface area contributed by atoms with Crippen molar-refractivity contribution in [3.63, 3.8) is 0 Å². The van der Waals surface area contributed by atoms with Crippen LogP contribution in [-0.4, -0.2) is 18.2 Å². The lowest BCUT2D eigenvalue weighted by atomic mass is 9.63. The Balaban J connectivity index is 1.91. The summed E-state index contributed by atoms with van der Waals surface area (Å²) < 4.78 is 10.4. The molecule has 0 atom stereocenters. The molecule has 1 fully saturated rings. The quantitative estimate of drug-likeness (QED) is 0.938. The summed E-state index contributed by atoms with van der Waals surface area (Å²) in [6.45, 7) is 1.79. The average molecular weight is 286 g/mol. The molecule has 1 amide bonds. The number of carbonyl (C=O) groups excluding carboxylic acids is 1. The normalized spacial score (nSPS) is 16.1. The molecular weight excluding hydrogens is 268 g/mol. The molecule has 1 saturated carbocycles. The van der Waals surface area contributed by atoms with Gasteiger partial charge in [0.2, 0.25) is 5.91 Å². The van der Waals surface area contributed by atoms with E-state index in [1.54, 1.807) is 20.1 Å². The fourth-order valence-electron chi connectivity index (χ4n) is 2.85. The van der Waals surface area contributed by atoms with Crippen molar-refractivity contribution in [1.82, 2.24) is 5.16 Å². The Bertz CT molecular complexity index is 659. The Morgan fingerprint density at radius 1 is 1.38 bits per heavy atom. The average Bonchev–Trinajstić information content (AvgIpc) is 2.83. The van der Waals surface area contributed by atoms with Gasteiger partial charge in [-0.05, 0) is 25.8 Å². The molecule has 21 heavy (non-hydrogen) atoms. The van der Waals surface area contributed by atoms with Crippen molar-refractivity contribution < 1.29 is 14.1 Å². The number of hydrogen-bond acceptors (Lipinski definition) is 4. The number of hydrogen-bond donors (Lipinski definition) is 1. The summed E-state index contributed by atoms with van der Waals surface area (Å²) in [5.41, 5.74) is 0.413. The number of benzene rings is 1. The van der Waals surface area contributed by atoms with Gasteiger partial charge >= 0.3 is 0 Å². The van der Waals surface area contributed by atoms with Gasteiger partial charge in [0.25, 0.3) is 0 Å². The minimum absolute atomic E-state index is 0.0495. The van der Waals surface area contributed by atoms with Crippen LogP contribution in [0.15, 0.2) is 34.9 Å². The van der Waals surface area contributed by atoms with Crippen molar-refractivity contribution in [2.75, 3.05) is 12.4 Å². The van der Waals surface area contributed by atoms with E-state index in [1.165, 1.54) is 0 Å². The fourth-order valence-corrected chi connectivity index (χ4v) is 2.85. The van der Waals surface area contributed by atoms with Gasteiger partial charge < -0.3 is 14.6 Å². The van der Waals surface area contributed by atoms with Crippen molar-refractivity contribution in [3.05, 3.63) is 41.7 Å². The zero-order valence-electron chi connectivity index (χ0n) is 12.2. The SMILES string of the molecule is COc1ccccc1C1(C(=O)Nc2cc(C)on2)CCC1. The van der Waals surface area contributed by atoms with Crippen molar-refractivity contribution >= 4 is 11.7 Å². The van der Waals surface area contributed by atoms with Gasteiger partial charge in [0.1, 0.15) is 11.5 Å². The van der Waals surface area contributed by atoms with Crippen molar-refractivity contribution in [1.29, 1.82) is 0 Å². The number of carbonyl (C=O) groups is 1. The zero-order valence-corrected chi connectivity index (χ0v) is 12.2. The number of methoxy groups -OCH3 is 1. The monoisotopic (exact) mass is 286 g/mol. The number of rotatable bonds is 4. The van der Waals surface area contributed by atoms with Gasteiger partial charge in [0.05, 0.1) is 12.5 Å². The minimum atomic E-state index is -0.528. The zero-order chi connectivity index (χ0) is 14.9. The van der Waals surface area contributed by atoms with E-state index in [0.717, 1.165) is 30.6 Å². The van der Waals surface area contributed by atoms with Crippen LogP contribution in [0.4, 0.5) is 5.82 Å². The van der Waals surface area contributed by atoms with E-state index in [2.05, 4.69) is 10.5 Å². The first-order valence-corrected chi connectivity index (χ1v) is 7.04. The second kappa shape index (κ2) is 5.24. The molecular formula is C16H18N2O3. The Hall–Kier alpha value is -2.30. The van der Waals surface area contributed by atoms with E-state index in [1.807, 2.05) is 24.3 Å². The highest BCUT2D eigenvalue weighted by atomic mass is 16.5. The molecule has 1 N–H and O–H groups in total. The Morgan fingerprint density at radius 2 is 2.14 bits per heavy atom. The molecule has 0 aliphatic heterocycles. The van der Waals surface area contributed by atoms with Crippen LogP contribution >= 0.6 is 0 Å². The summed E-state index contributed by atoms with van der Waals surface area (Å²) in [7, 11) is 1.63. The first-order valence-electron chi connectivity index (χ1n) is 7.04. The molecule has 110 valence electrons. The molecule has 0 bridgehead atoms. The number of anilines is 1. The molecule has 3 rings (SSSR count). The van der Waals surface area contributed by atoms with Crippen LogP contribution in [0.25, 0.3) is 0 Å². The number of amides is 1. The number of nitrogens with zero attached hydrogens (tertiary/aromatic N) is 1. The van der Waals surface area contributed by atoms with E-state index in [-0.39, 0.29) is 5.91 Å². The molecule has 0 spiro atoms. The van der Waals surface area contributed by atoms with Gasteiger partial charge in [-0.2, -0.15) is 0 Å².